The molecule has 0 unspecified atom stereocenters. The van der Waals surface area contributed by atoms with Crippen molar-refractivity contribution >= 4 is 17.7 Å². The van der Waals surface area contributed by atoms with Gasteiger partial charge in [0.1, 0.15) is 6.61 Å². The number of carbonyl (C=O) groups is 1. The van der Waals surface area contributed by atoms with Gasteiger partial charge in [-0.1, -0.05) is 30.3 Å². The Morgan fingerprint density at radius 3 is 2.83 bits per heavy atom. The second kappa shape index (κ2) is 6.64. The average Bonchev–Trinajstić information content (AvgIpc) is 2.45. The van der Waals surface area contributed by atoms with Gasteiger partial charge in [-0.2, -0.15) is 0 Å². The van der Waals surface area contributed by atoms with Gasteiger partial charge in [-0.15, -0.1) is 11.6 Å². The molecule has 1 aromatic carbocycles. The van der Waals surface area contributed by atoms with E-state index in [1.54, 1.807) is 4.90 Å². The number of piperidine rings is 1. The number of alkyl halides is 1. The Labute approximate surface area is 113 Å². The van der Waals surface area contributed by atoms with E-state index in [1.165, 1.54) is 0 Å². The fourth-order valence-electron chi connectivity index (χ4n) is 2.20. The van der Waals surface area contributed by atoms with E-state index in [4.69, 9.17) is 16.3 Å². The molecule has 0 aliphatic carbocycles. The zero-order valence-electron chi connectivity index (χ0n) is 10.3. The van der Waals surface area contributed by atoms with E-state index < -0.39 is 0 Å². The van der Waals surface area contributed by atoms with Crippen molar-refractivity contribution in [3.05, 3.63) is 35.9 Å². The summed E-state index contributed by atoms with van der Waals surface area (Å²) in [4.78, 5) is 13.7. The monoisotopic (exact) mass is 267 g/mol. The van der Waals surface area contributed by atoms with Crippen molar-refractivity contribution in [3.8, 4) is 0 Å². The number of halogens is 1. The van der Waals surface area contributed by atoms with Crippen LogP contribution in [0.2, 0.25) is 0 Å². The minimum Gasteiger partial charge on any atom is -0.445 e. The largest absolute Gasteiger partial charge is 0.445 e. The molecule has 98 valence electrons. The molecule has 0 radical (unpaired) electrons. The molecule has 0 N–H and O–H groups in total. The normalized spacial score (nSPS) is 19.6. The number of benzene rings is 1. The summed E-state index contributed by atoms with van der Waals surface area (Å²) in [6.07, 6.45) is 2.90. The molecular formula is C14H18ClNO2. The first kappa shape index (κ1) is 13.2. The number of ether oxygens (including phenoxy) is 1. The highest BCUT2D eigenvalue weighted by Gasteiger charge is 2.26. The van der Waals surface area contributed by atoms with Crippen molar-refractivity contribution in [1.29, 1.82) is 0 Å². The second-order valence-electron chi connectivity index (χ2n) is 4.54. The zero-order valence-corrected chi connectivity index (χ0v) is 11.1. The van der Waals surface area contributed by atoms with Crippen molar-refractivity contribution in [1.82, 2.24) is 4.90 Å². The summed E-state index contributed by atoms with van der Waals surface area (Å²) < 4.78 is 5.33. The van der Waals surface area contributed by atoms with E-state index in [2.05, 4.69) is 0 Å². The van der Waals surface area contributed by atoms with E-state index in [-0.39, 0.29) is 12.1 Å². The molecule has 1 aliphatic rings. The molecule has 4 heteroatoms. The molecule has 1 saturated heterocycles. The van der Waals surface area contributed by atoms with Gasteiger partial charge in [0.2, 0.25) is 0 Å². The van der Waals surface area contributed by atoms with Crippen LogP contribution < -0.4 is 0 Å². The number of rotatable bonds is 3. The Balaban J connectivity index is 1.87. The molecule has 1 atom stereocenters. The van der Waals surface area contributed by atoms with Crippen molar-refractivity contribution in [2.75, 3.05) is 12.4 Å². The highest BCUT2D eigenvalue weighted by atomic mass is 35.5. The molecule has 18 heavy (non-hydrogen) atoms. The molecule has 0 saturated carbocycles. The molecule has 0 bridgehead atoms. The number of amides is 1. The quantitative estimate of drug-likeness (QED) is 0.786. The maximum Gasteiger partial charge on any atom is 0.410 e. The van der Waals surface area contributed by atoms with Gasteiger partial charge in [-0.05, 0) is 24.8 Å². The highest BCUT2D eigenvalue weighted by molar-refractivity contribution is 6.18. The van der Waals surface area contributed by atoms with Crippen LogP contribution in [0.25, 0.3) is 0 Å². The molecule has 2 rings (SSSR count). The molecule has 1 aliphatic heterocycles. The fourth-order valence-corrected chi connectivity index (χ4v) is 2.52. The standard InChI is InChI=1S/C14H18ClNO2/c15-10-13-8-4-5-9-16(13)14(17)18-11-12-6-2-1-3-7-12/h1-3,6-7,13H,4-5,8-11H2/t13-/m0/s1. The predicted molar refractivity (Wildman–Crippen MR) is 71.7 cm³/mol. The number of likely N-dealkylation sites (tertiary alicyclic amines) is 1. The molecule has 1 amide bonds. The topological polar surface area (TPSA) is 29.5 Å². The maximum atomic E-state index is 12.0. The first-order valence-electron chi connectivity index (χ1n) is 6.34. The molecule has 1 aromatic rings. The lowest BCUT2D eigenvalue weighted by molar-refractivity contribution is 0.0728. The molecule has 1 fully saturated rings. The fraction of sp³-hybridized carbons (Fsp3) is 0.500. The summed E-state index contributed by atoms with van der Waals surface area (Å²) >= 11 is 5.89. The summed E-state index contributed by atoms with van der Waals surface area (Å²) in [6, 6.07) is 9.84. The number of hydrogen-bond acceptors (Lipinski definition) is 2. The van der Waals surface area contributed by atoms with Crippen molar-refractivity contribution in [2.24, 2.45) is 0 Å². The van der Waals surface area contributed by atoms with Gasteiger partial charge in [-0.25, -0.2) is 4.79 Å². The van der Waals surface area contributed by atoms with Crippen LogP contribution in [0.4, 0.5) is 4.79 Å². The van der Waals surface area contributed by atoms with Gasteiger partial charge in [-0.3, -0.25) is 0 Å². The summed E-state index contributed by atoms with van der Waals surface area (Å²) in [5.41, 5.74) is 1.00. The Kier molecular flexibility index (Phi) is 4.88. The van der Waals surface area contributed by atoms with E-state index in [9.17, 15) is 4.79 Å². The van der Waals surface area contributed by atoms with Crippen LogP contribution in [0.5, 0.6) is 0 Å². The van der Waals surface area contributed by atoms with Crippen molar-refractivity contribution < 1.29 is 9.53 Å². The average molecular weight is 268 g/mol. The van der Waals surface area contributed by atoms with Gasteiger partial charge >= 0.3 is 6.09 Å². The Morgan fingerprint density at radius 1 is 1.33 bits per heavy atom. The van der Waals surface area contributed by atoms with E-state index in [0.717, 1.165) is 31.4 Å². The molecular weight excluding hydrogens is 250 g/mol. The SMILES string of the molecule is O=C(OCc1ccccc1)N1CCCC[C@H]1CCl. The summed E-state index contributed by atoms with van der Waals surface area (Å²) in [6.45, 7) is 1.08. The van der Waals surface area contributed by atoms with Crippen LogP contribution in [0, 0.1) is 0 Å². The zero-order chi connectivity index (χ0) is 12.8. The molecule has 0 spiro atoms. The maximum absolute atomic E-state index is 12.0. The van der Waals surface area contributed by atoms with E-state index in [0.29, 0.717) is 12.5 Å². The number of nitrogens with zero attached hydrogens (tertiary/aromatic N) is 1. The Bertz CT molecular complexity index is 383. The number of carbonyl (C=O) groups excluding carboxylic acids is 1. The van der Waals surface area contributed by atoms with E-state index in [1.807, 2.05) is 30.3 Å². The van der Waals surface area contributed by atoms with Crippen LogP contribution in [-0.4, -0.2) is 29.5 Å². The predicted octanol–water partition coefficient (Wildman–Crippen LogP) is 3.42. The van der Waals surface area contributed by atoms with Crippen LogP contribution in [0.3, 0.4) is 0 Å². The smallest absolute Gasteiger partial charge is 0.410 e. The van der Waals surface area contributed by atoms with Gasteiger partial charge in [0.15, 0.2) is 0 Å². The van der Waals surface area contributed by atoms with Crippen LogP contribution in [-0.2, 0) is 11.3 Å². The van der Waals surface area contributed by atoms with E-state index >= 15 is 0 Å². The lowest BCUT2D eigenvalue weighted by Gasteiger charge is -2.33. The minimum absolute atomic E-state index is 0.128. The Morgan fingerprint density at radius 2 is 2.11 bits per heavy atom. The third-order valence-electron chi connectivity index (χ3n) is 3.24. The van der Waals surface area contributed by atoms with Crippen molar-refractivity contribution in [3.63, 3.8) is 0 Å². The minimum atomic E-state index is -0.246. The highest BCUT2D eigenvalue weighted by Crippen LogP contribution is 2.19. The second-order valence-corrected chi connectivity index (χ2v) is 4.85. The first-order valence-corrected chi connectivity index (χ1v) is 6.88. The summed E-state index contributed by atoms with van der Waals surface area (Å²) in [7, 11) is 0. The van der Waals surface area contributed by atoms with Crippen molar-refractivity contribution in [2.45, 2.75) is 31.9 Å². The lowest BCUT2D eigenvalue weighted by Crippen LogP contribution is -2.44. The number of hydrogen-bond donors (Lipinski definition) is 0. The van der Waals surface area contributed by atoms with Gasteiger partial charge in [0, 0.05) is 18.5 Å². The molecule has 3 nitrogen and oxygen atoms in total. The van der Waals surface area contributed by atoms with Gasteiger partial charge in [0.05, 0.1) is 0 Å². The lowest BCUT2D eigenvalue weighted by atomic mass is 10.0. The van der Waals surface area contributed by atoms with Gasteiger partial charge < -0.3 is 9.64 Å². The molecule has 1 heterocycles. The first-order chi connectivity index (χ1) is 8.81. The third kappa shape index (κ3) is 3.39. The summed E-state index contributed by atoms with van der Waals surface area (Å²) in [5, 5.41) is 0. The summed E-state index contributed by atoms with van der Waals surface area (Å²) in [5.74, 6) is 0.487. The van der Waals surface area contributed by atoms with Crippen LogP contribution in [0.15, 0.2) is 30.3 Å². The van der Waals surface area contributed by atoms with Gasteiger partial charge in [0.25, 0.3) is 0 Å². The van der Waals surface area contributed by atoms with Crippen LogP contribution >= 0.6 is 11.6 Å². The molecule has 0 aromatic heterocycles. The Hall–Kier alpha value is -1.22. The van der Waals surface area contributed by atoms with Crippen LogP contribution in [0.1, 0.15) is 24.8 Å². The third-order valence-corrected chi connectivity index (χ3v) is 3.60.